The zero-order valence-corrected chi connectivity index (χ0v) is 16.3. The van der Waals surface area contributed by atoms with Crippen LogP contribution in [0.25, 0.3) is 16.8 Å². The number of hydrogen-bond acceptors (Lipinski definition) is 3. The second-order valence-electron chi connectivity index (χ2n) is 6.05. The van der Waals surface area contributed by atoms with Crippen LogP contribution in [0.1, 0.15) is 11.1 Å². The summed E-state index contributed by atoms with van der Waals surface area (Å²) in [6.45, 7) is 0.229. The maximum Gasteiger partial charge on any atom is 0.293 e. The largest absolute Gasteiger partial charge is 0.293 e. The van der Waals surface area contributed by atoms with Crippen molar-refractivity contribution in [2.45, 2.75) is 6.54 Å². The predicted molar refractivity (Wildman–Crippen MR) is 112 cm³/mol. The lowest BCUT2D eigenvalue weighted by molar-refractivity contribution is -0.123. The predicted octanol–water partition coefficient (Wildman–Crippen LogP) is 6.38. The Kier molecular flexibility index (Phi) is 4.96. The SMILES string of the molecule is O=C1S/C(=C/c2cccc(Cl)c2Cl)C(=O)N1Cc1cccc2ccccc12. The maximum atomic E-state index is 12.8. The van der Waals surface area contributed by atoms with Gasteiger partial charge in [-0.1, -0.05) is 77.8 Å². The van der Waals surface area contributed by atoms with Gasteiger partial charge in [0.15, 0.2) is 0 Å². The number of nitrogens with zero attached hydrogens (tertiary/aromatic N) is 1. The highest BCUT2D eigenvalue weighted by molar-refractivity contribution is 8.18. The first-order valence-electron chi connectivity index (χ1n) is 8.20. The molecular weight excluding hydrogens is 401 g/mol. The maximum absolute atomic E-state index is 12.8. The summed E-state index contributed by atoms with van der Waals surface area (Å²) in [5, 5.41) is 2.57. The topological polar surface area (TPSA) is 37.4 Å². The van der Waals surface area contributed by atoms with Gasteiger partial charge in [-0.05, 0) is 45.8 Å². The second-order valence-corrected chi connectivity index (χ2v) is 7.83. The minimum absolute atomic E-state index is 0.229. The Morgan fingerprint density at radius 3 is 2.52 bits per heavy atom. The fourth-order valence-corrected chi connectivity index (χ4v) is 4.20. The van der Waals surface area contributed by atoms with E-state index in [1.54, 1.807) is 24.3 Å². The van der Waals surface area contributed by atoms with Crippen LogP contribution in [0.5, 0.6) is 0 Å². The quantitative estimate of drug-likeness (QED) is 0.467. The molecule has 4 rings (SSSR count). The molecular formula is C21H13Cl2NO2S. The van der Waals surface area contributed by atoms with Gasteiger partial charge in [0.25, 0.3) is 11.1 Å². The van der Waals surface area contributed by atoms with Gasteiger partial charge in [0.2, 0.25) is 0 Å². The average molecular weight is 414 g/mol. The van der Waals surface area contributed by atoms with Crippen LogP contribution >= 0.6 is 35.0 Å². The first-order chi connectivity index (χ1) is 13.0. The zero-order valence-electron chi connectivity index (χ0n) is 14.0. The number of benzene rings is 3. The third-order valence-corrected chi connectivity index (χ3v) is 6.09. The highest BCUT2D eigenvalue weighted by atomic mass is 35.5. The summed E-state index contributed by atoms with van der Waals surface area (Å²) in [4.78, 5) is 26.8. The van der Waals surface area contributed by atoms with Crippen molar-refractivity contribution in [3.63, 3.8) is 0 Å². The fraction of sp³-hybridized carbons (Fsp3) is 0.0476. The summed E-state index contributed by atoms with van der Waals surface area (Å²) >= 11 is 13.1. The molecule has 6 heteroatoms. The number of hydrogen-bond donors (Lipinski definition) is 0. The number of thioether (sulfide) groups is 1. The van der Waals surface area contributed by atoms with Crippen LogP contribution in [-0.2, 0) is 11.3 Å². The number of fused-ring (bicyclic) bond motifs is 1. The Morgan fingerprint density at radius 2 is 1.67 bits per heavy atom. The van der Waals surface area contributed by atoms with E-state index in [-0.39, 0.29) is 17.7 Å². The monoisotopic (exact) mass is 413 g/mol. The van der Waals surface area contributed by atoms with Gasteiger partial charge in [0.05, 0.1) is 21.5 Å². The van der Waals surface area contributed by atoms with Crippen LogP contribution in [0, 0.1) is 0 Å². The molecule has 3 nitrogen and oxygen atoms in total. The van der Waals surface area contributed by atoms with E-state index >= 15 is 0 Å². The standard InChI is InChI=1S/C21H13Cl2NO2S/c22-17-10-4-7-14(19(17)23)11-18-20(25)24(21(26)27-18)12-15-8-3-6-13-5-1-2-9-16(13)15/h1-11H,12H2/b18-11+. The molecule has 0 N–H and O–H groups in total. The lowest BCUT2D eigenvalue weighted by Gasteiger charge is -2.14. The summed E-state index contributed by atoms with van der Waals surface area (Å²) < 4.78 is 0. The van der Waals surface area contributed by atoms with E-state index < -0.39 is 0 Å². The Hall–Kier alpha value is -2.27. The van der Waals surface area contributed by atoms with Crippen molar-refractivity contribution in [1.29, 1.82) is 0 Å². The highest BCUT2D eigenvalue weighted by Crippen LogP contribution is 2.36. The molecule has 1 heterocycles. The van der Waals surface area contributed by atoms with Crippen molar-refractivity contribution in [1.82, 2.24) is 4.90 Å². The van der Waals surface area contributed by atoms with Gasteiger partial charge in [-0.25, -0.2) is 0 Å². The Bertz CT molecular complexity index is 1110. The molecule has 1 fully saturated rings. The van der Waals surface area contributed by atoms with E-state index in [2.05, 4.69) is 0 Å². The van der Waals surface area contributed by atoms with Crippen LogP contribution < -0.4 is 0 Å². The van der Waals surface area contributed by atoms with Gasteiger partial charge in [0, 0.05) is 0 Å². The van der Waals surface area contributed by atoms with Crippen LogP contribution in [-0.4, -0.2) is 16.0 Å². The summed E-state index contributed by atoms with van der Waals surface area (Å²) in [6, 6.07) is 19.0. The first kappa shape index (κ1) is 18.1. The van der Waals surface area contributed by atoms with E-state index in [1.165, 1.54) is 4.90 Å². The van der Waals surface area contributed by atoms with E-state index in [0.717, 1.165) is 28.1 Å². The van der Waals surface area contributed by atoms with Gasteiger partial charge < -0.3 is 0 Å². The Balaban J connectivity index is 1.65. The van der Waals surface area contributed by atoms with Gasteiger partial charge in [0.1, 0.15) is 0 Å². The Morgan fingerprint density at radius 1 is 0.926 bits per heavy atom. The summed E-state index contributed by atoms with van der Waals surface area (Å²) in [6.07, 6.45) is 1.61. The fourth-order valence-electron chi connectivity index (χ4n) is 3.01. The van der Waals surface area contributed by atoms with Crippen LogP contribution in [0.4, 0.5) is 4.79 Å². The summed E-state index contributed by atoms with van der Waals surface area (Å²) in [5.74, 6) is -0.325. The molecule has 2 amide bonds. The molecule has 0 unspecified atom stereocenters. The molecule has 0 aliphatic carbocycles. The van der Waals surface area contributed by atoms with Crippen molar-refractivity contribution in [2.75, 3.05) is 0 Å². The molecule has 0 bridgehead atoms. The molecule has 0 spiro atoms. The number of amides is 2. The number of imide groups is 1. The molecule has 0 saturated carbocycles. The summed E-state index contributed by atoms with van der Waals surface area (Å²) in [5.41, 5.74) is 1.54. The van der Waals surface area contributed by atoms with Gasteiger partial charge in [-0.2, -0.15) is 0 Å². The van der Waals surface area contributed by atoms with Gasteiger partial charge >= 0.3 is 0 Å². The summed E-state index contributed by atoms with van der Waals surface area (Å²) in [7, 11) is 0. The van der Waals surface area contributed by atoms with Gasteiger partial charge in [-0.15, -0.1) is 0 Å². The smallest absolute Gasteiger partial charge is 0.268 e. The van der Waals surface area contributed by atoms with Crippen molar-refractivity contribution in [3.8, 4) is 0 Å². The third kappa shape index (κ3) is 3.48. The molecule has 27 heavy (non-hydrogen) atoms. The average Bonchev–Trinajstić information content (AvgIpc) is 2.93. The lowest BCUT2D eigenvalue weighted by atomic mass is 10.0. The van der Waals surface area contributed by atoms with E-state index in [4.69, 9.17) is 23.2 Å². The number of carbonyl (C=O) groups excluding carboxylic acids is 2. The van der Waals surface area contributed by atoms with Crippen LogP contribution in [0.15, 0.2) is 65.6 Å². The molecule has 0 atom stereocenters. The molecule has 1 aliphatic rings. The minimum Gasteiger partial charge on any atom is -0.268 e. The van der Waals surface area contributed by atoms with Gasteiger partial charge in [-0.3, -0.25) is 14.5 Å². The first-order valence-corrected chi connectivity index (χ1v) is 9.78. The molecule has 3 aromatic carbocycles. The zero-order chi connectivity index (χ0) is 19.0. The molecule has 1 saturated heterocycles. The lowest BCUT2D eigenvalue weighted by Crippen LogP contribution is -2.27. The van der Waals surface area contributed by atoms with Crippen LogP contribution in [0.2, 0.25) is 10.0 Å². The van der Waals surface area contributed by atoms with Crippen molar-refractivity contribution >= 4 is 63.0 Å². The molecule has 3 aromatic rings. The third-order valence-electron chi connectivity index (χ3n) is 4.35. The number of halogens is 2. The molecule has 0 radical (unpaired) electrons. The second kappa shape index (κ2) is 7.39. The van der Waals surface area contributed by atoms with Crippen molar-refractivity contribution in [2.24, 2.45) is 0 Å². The number of carbonyl (C=O) groups is 2. The van der Waals surface area contributed by atoms with E-state index in [0.29, 0.717) is 20.5 Å². The van der Waals surface area contributed by atoms with E-state index in [9.17, 15) is 9.59 Å². The minimum atomic E-state index is -0.325. The van der Waals surface area contributed by atoms with Crippen LogP contribution in [0.3, 0.4) is 0 Å². The Labute approximate surface area is 170 Å². The van der Waals surface area contributed by atoms with Crippen molar-refractivity contribution in [3.05, 3.63) is 86.7 Å². The van der Waals surface area contributed by atoms with Crippen molar-refractivity contribution < 1.29 is 9.59 Å². The molecule has 0 aromatic heterocycles. The highest BCUT2D eigenvalue weighted by Gasteiger charge is 2.35. The van der Waals surface area contributed by atoms with E-state index in [1.807, 2.05) is 42.5 Å². The number of rotatable bonds is 3. The molecule has 1 aliphatic heterocycles. The molecule has 134 valence electrons. The normalized spacial score (nSPS) is 15.9.